The van der Waals surface area contributed by atoms with Gasteiger partial charge in [-0.25, -0.2) is 4.79 Å². The van der Waals surface area contributed by atoms with E-state index in [1.807, 2.05) is 0 Å². The fraction of sp³-hybridized carbons (Fsp3) is 0. The zero-order valence-electron chi connectivity index (χ0n) is 6.75. The smallest absolute Gasteiger partial charge is 0.296 e. The van der Waals surface area contributed by atoms with E-state index in [0.717, 1.165) is 0 Å². The molecule has 0 saturated carbocycles. The van der Waals surface area contributed by atoms with E-state index in [1.165, 1.54) is 0 Å². The average molecular weight is 231 g/mol. The van der Waals surface area contributed by atoms with Gasteiger partial charge in [-0.2, -0.15) is 0 Å². The van der Waals surface area contributed by atoms with Crippen LogP contribution in [0.3, 0.4) is 0 Å². The maximum absolute atomic E-state index is 10.7. The maximum Gasteiger partial charge on any atom is 0.439 e. The first kappa shape index (κ1) is 9.30. The topological polar surface area (TPSA) is 58.9 Å². The molecule has 0 spiro atoms. The largest absolute Gasteiger partial charge is 0.439 e. The van der Waals surface area contributed by atoms with Crippen molar-refractivity contribution in [3.63, 3.8) is 0 Å². The first-order valence-corrected chi connectivity index (χ1v) is 4.44. The van der Waals surface area contributed by atoms with E-state index in [9.17, 15) is 4.79 Å². The molecule has 0 bridgehead atoms. The molecule has 4 nitrogen and oxygen atoms in total. The molecular formula is C8H4Cl2N2O2. The fourth-order valence-corrected chi connectivity index (χ4v) is 1.40. The molecule has 2 aromatic rings. The number of hydrogen-bond acceptors (Lipinski definition) is 3. The minimum absolute atomic E-state index is 0.266. The Morgan fingerprint density at radius 1 is 1.36 bits per heavy atom. The van der Waals surface area contributed by atoms with Crippen LogP contribution in [0.25, 0.3) is 11.4 Å². The molecule has 0 aliphatic carbocycles. The van der Waals surface area contributed by atoms with Gasteiger partial charge in [0.15, 0.2) is 5.82 Å². The van der Waals surface area contributed by atoms with E-state index < -0.39 is 5.76 Å². The Bertz CT molecular complexity index is 518. The van der Waals surface area contributed by atoms with Crippen molar-refractivity contribution in [2.75, 3.05) is 0 Å². The summed E-state index contributed by atoms with van der Waals surface area (Å²) < 4.78 is 4.35. The molecule has 1 heterocycles. The molecular weight excluding hydrogens is 227 g/mol. The normalized spacial score (nSPS) is 10.4. The van der Waals surface area contributed by atoms with Crippen molar-refractivity contribution in [2.24, 2.45) is 0 Å². The highest BCUT2D eigenvalue weighted by atomic mass is 35.5. The molecule has 1 N–H and O–H groups in total. The number of hydrogen-bond donors (Lipinski definition) is 1. The molecule has 6 heteroatoms. The molecule has 0 aliphatic heterocycles. The van der Waals surface area contributed by atoms with Gasteiger partial charge in [-0.15, -0.1) is 0 Å². The summed E-state index contributed by atoms with van der Waals surface area (Å²) in [5.74, 6) is -0.362. The summed E-state index contributed by atoms with van der Waals surface area (Å²) in [7, 11) is 0. The van der Waals surface area contributed by atoms with Crippen LogP contribution in [0.1, 0.15) is 0 Å². The van der Waals surface area contributed by atoms with Gasteiger partial charge >= 0.3 is 5.76 Å². The van der Waals surface area contributed by atoms with Crippen LogP contribution in [0.4, 0.5) is 0 Å². The number of nitrogens with one attached hydrogen (secondary N) is 1. The lowest BCUT2D eigenvalue weighted by atomic mass is 10.2. The lowest BCUT2D eigenvalue weighted by Crippen LogP contribution is -1.94. The van der Waals surface area contributed by atoms with E-state index in [1.54, 1.807) is 18.2 Å². The molecule has 1 aromatic carbocycles. The number of aromatic amines is 1. The van der Waals surface area contributed by atoms with Crippen LogP contribution in [0, 0.1) is 0 Å². The van der Waals surface area contributed by atoms with Gasteiger partial charge in [0.05, 0.1) is 5.02 Å². The van der Waals surface area contributed by atoms with Crippen molar-refractivity contribution < 1.29 is 4.52 Å². The molecule has 72 valence electrons. The number of nitrogens with zero attached hydrogens (tertiary/aromatic N) is 1. The second-order valence-corrected chi connectivity index (χ2v) is 3.41. The standard InChI is InChI=1S/C8H4Cl2N2O2/c9-4-1-2-6(10)5(3-4)7-11-8(13)14-12-7/h1-3H,(H,11,12,13). The molecule has 14 heavy (non-hydrogen) atoms. The molecule has 0 amide bonds. The first-order chi connectivity index (χ1) is 6.66. The summed E-state index contributed by atoms with van der Waals surface area (Å²) >= 11 is 11.6. The third kappa shape index (κ3) is 1.66. The summed E-state index contributed by atoms with van der Waals surface area (Å²) in [5.41, 5.74) is 0.532. The van der Waals surface area contributed by atoms with Gasteiger partial charge in [0.2, 0.25) is 0 Å². The Labute approximate surface area is 88.4 Å². The third-order valence-corrected chi connectivity index (χ3v) is 2.19. The Balaban J connectivity index is 2.61. The first-order valence-electron chi connectivity index (χ1n) is 3.68. The lowest BCUT2D eigenvalue weighted by molar-refractivity contribution is 0.388. The van der Waals surface area contributed by atoms with Crippen LogP contribution in [0.15, 0.2) is 27.5 Å². The number of halogens is 2. The van der Waals surface area contributed by atoms with Crippen molar-refractivity contribution in [1.82, 2.24) is 10.1 Å². The monoisotopic (exact) mass is 230 g/mol. The SMILES string of the molecule is O=c1[nH]c(-c2cc(Cl)ccc2Cl)no1. The highest BCUT2D eigenvalue weighted by molar-refractivity contribution is 6.35. The molecule has 0 saturated heterocycles. The average Bonchev–Trinajstić information content (AvgIpc) is 2.56. The highest BCUT2D eigenvalue weighted by Crippen LogP contribution is 2.27. The molecule has 0 atom stereocenters. The zero-order valence-corrected chi connectivity index (χ0v) is 8.26. The summed E-state index contributed by atoms with van der Waals surface area (Å²) in [5, 5.41) is 4.45. The summed E-state index contributed by atoms with van der Waals surface area (Å²) in [4.78, 5) is 13.1. The van der Waals surface area contributed by atoms with Crippen molar-refractivity contribution in [1.29, 1.82) is 0 Å². The third-order valence-electron chi connectivity index (χ3n) is 1.62. The van der Waals surface area contributed by atoms with Crippen molar-refractivity contribution in [3.05, 3.63) is 38.8 Å². The van der Waals surface area contributed by atoms with Gasteiger partial charge in [0, 0.05) is 10.6 Å². The highest BCUT2D eigenvalue weighted by Gasteiger charge is 2.08. The fourth-order valence-electron chi connectivity index (χ4n) is 1.02. The van der Waals surface area contributed by atoms with Crippen molar-refractivity contribution >= 4 is 23.2 Å². The number of aromatic nitrogens is 2. The van der Waals surface area contributed by atoms with Crippen LogP contribution in [-0.2, 0) is 0 Å². The van der Waals surface area contributed by atoms with Gasteiger partial charge in [-0.05, 0) is 18.2 Å². The van der Waals surface area contributed by atoms with Gasteiger partial charge in [0.1, 0.15) is 0 Å². The predicted molar refractivity (Wildman–Crippen MR) is 52.6 cm³/mol. The van der Waals surface area contributed by atoms with E-state index in [2.05, 4.69) is 14.7 Å². The Kier molecular flexibility index (Phi) is 2.31. The molecule has 0 unspecified atom stereocenters. The van der Waals surface area contributed by atoms with E-state index >= 15 is 0 Å². The molecule has 2 rings (SSSR count). The zero-order chi connectivity index (χ0) is 10.1. The van der Waals surface area contributed by atoms with Gasteiger partial charge in [-0.3, -0.25) is 9.51 Å². The lowest BCUT2D eigenvalue weighted by Gasteiger charge is -1.98. The summed E-state index contributed by atoms with van der Waals surface area (Å²) in [6, 6.07) is 4.86. The number of rotatable bonds is 1. The maximum atomic E-state index is 10.7. The number of benzene rings is 1. The van der Waals surface area contributed by atoms with E-state index in [0.29, 0.717) is 15.6 Å². The van der Waals surface area contributed by atoms with Crippen LogP contribution in [-0.4, -0.2) is 10.1 Å². The minimum Gasteiger partial charge on any atom is -0.296 e. The second kappa shape index (κ2) is 3.48. The summed E-state index contributed by atoms with van der Waals surface area (Å²) in [6.07, 6.45) is 0. The Morgan fingerprint density at radius 3 is 2.79 bits per heavy atom. The van der Waals surface area contributed by atoms with Gasteiger partial charge in [-0.1, -0.05) is 28.4 Å². The Hall–Kier alpha value is -1.26. The van der Waals surface area contributed by atoms with Crippen molar-refractivity contribution in [3.8, 4) is 11.4 Å². The van der Waals surface area contributed by atoms with Crippen LogP contribution >= 0.6 is 23.2 Å². The molecule has 0 fully saturated rings. The minimum atomic E-state index is -0.629. The molecule has 0 radical (unpaired) electrons. The van der Waals surface area contributed by atoms with E-state index in [4.69, 9.17) is 23.2 Å². The van der Waals surface area contributed by atoms with Crippen LogP contribution in [0.5, 0.6) is 0 Å². The van der Waals surface area contributed by atoms with Crippen LogP contribution in [0.2, 0.25) is 10.0 Å². The molecule has 0 aliphatic rings. The number of H-pyrrole nitrogens is 1. The quantitative estimate of drug-likeness (QED) is 0.819. The van der Waals surface area contributed by atoms with Gasteiger partial charge < -0.3 is 0 Å². The predicted octanol–water partition coefficient (Wildman–Crippen LogP) is 2.34. The van der Waals surface area contributed by atoms with Crippen molar-refractivity contribution in [2.45, 2.75) is 0 Å². The summed E-state index contributed by atoms with van der Waals surface area (Å²) in [6.45, 7) is 0. The van der Waals surface area contributed by atoms with Crippen LogP contribution < -0.4 is 5.76 Å². The second-order valence-electron chi connectivity index (χ2n) is 2.57. The molecule has 1 aromatic heterocycles. The van der Waals surface area contributed by atoms with Gasteiger partial charge in [0.25, 0.3) is 0 Å². The Morgan fingerprint density at radius 2 is 2.14 bits per heavy atom. The van der Waals surface area contributed by atoms with E-state index in [-0.39, 0.29) is 5.82 Å².